The molecule has 0 aliphatic rings. The van der Waals surface area contributed by atoms with Crippen molar-refractivity contribution >= 4 is 18.7 Å². The van der Waals surface area contributed by atoms with Crippen LogP contribution in [0.1, 0.15) is 40.0 Å². The second-order valence-electron chi connectivity index (χ2n) is 7.89. The summed E-state index contributed by atoms with van der Waals surface area (Å²) >= 11 is 0. The summed E-state index contributed by atoms with van der Waals surface area (Å²) in [5.41, 5.74) is 0. The molecule has 0 spiro atoms. The molecule has 2 aromatic rings. The minimum Gasteiger partial charge on any atom is -0.407 e. The molecule has 0 unspecified atom stereocenters. The molecule has 0 amide bonds. The molecule has 148 valence electrons. The number of rotatable bonds is 11. The predicted molar refractivity (Wildman–Crippen MR) is 115 cm³/mol. The molecule has 0 N–H and O–H groups in total. The molecule has 2 aromatic carbocycles. The Morgan fingerprint density at radius 3 is 1.74 bits per heavy atom. The Balaban J connectivity index is 2.15. The van der Waals surface area contributed by atoms with Crippen LogP contribution in [0.15, 0.2) is 60.7 Å². The minimum absolute atomic E-state index is 0.0390. The van der Waals surface area contributed by atoms with Gasteiger partial charge in [0.05, 0.1) is 0 Å². The van der Waals surface area contributed by atoms with Gasteiger partial charge in [-0.3, -0.25) is 0 Å². The predicted octanol–water partition coefficient (Wildman–Crippen LogP) is 4.35. The molecule has 0 atom stereocenters. The van der Waals surface area contributed by atoms with Crippen molar-refractivity contribution in [1.29, 1.82) is 0 Å². The molecule has 0 aliphatic heterocycles. The first-order valence-corrected chi connectivity index (χ1v) is 11.7. The third-order valence-electron chi connectivity index (χ3n) is 4.87. The number of benzene rings is 2. The maximum atomic E-state index is 6.87. The van der Waals surface area contributed by atoms with Gasteiger partial charge in [-0.1, -0.05) is 81.4 Å². The van der Waals surface area contributed by atoms with Crippen molar-refractivity contribution in [2.75, 3.05) is 27.1 Å². The number of ether oxygens (including phenoxy) is 2. The zero-order chi connectivity index (χ0) is 19.6. The summed E-state index contributed by atoms with van der Waals surface area (Å²) in [5.74, 6) is 0. The molecule has 0 aromatic heterocycles. The molecule has 0 bridgehead atoms. The first kappa shape index (κ1) is 21.8. The first-order valence-electron chi connectivity index (χ1n) is 9.84. The van der Waals surface area contributed by atoms with E-state index in [2.05, 4.69) is 81.4 Å². The van der Waals surface area contributed by atoms with Gasteiger partial charge in [0.1, 0.15) is 6.79 Å². The zero-order valence-electron chi connectivity index (χ0n) is 17.2. The van der Waals surface area contributed by atoms with Crippen molar-refractivity contribution in [2.45, 2.75) is 45.1 Å². The summed E-state index contributed by atoms with van der Waals surface area (Å²) in [6.07, 6.45) is 3.18. The molecule has 0 heterocycles. The fourth-order valence-corrected chi connectivity index (χ4v) is 8.22. The van der Waals surface area contributed by atoms with Crippen LogP contribution in [0.2, 0.25) is 5.04 Å². The smallest absolute Gasteiger partial charge is 0.261 e. The van der Waals surface area contributed by atoms with Crippen LogP contribution >= 0.6 is 0 Å². The van der Waals surface area contributed by atoms with E-state index in [4.69, 9.17) is 13.9 Å². The van der Waals surface area contributed by atoms with E-state index in [1.165, 1.54) is 10.4 Å². The molecule has 0 saturated carbocycles. The van der Waals surface area contributed by atoms with Gasteiger partial charge in [0.15, 0.2) is 0 Å². The number of methoxy groups -OCH3 is 1. The normalized spacial score (nSPS) is 12.3. The molecule has 0 radical (unpaired) electrons. The van der Waals surface area contributed by atoms with Crippen LogP contribution in [0.25, 0.3) is 0 Å². The van der Waals surface area contributed by atoms with Crippen LogP contribution in [0.3, 0.4) is 0 Å². The van der Waals surface area contributed by atoms with Gasteiger partial charge in [-0.05, 0) is 34.7 Å². The Morgan fingerprint density at radius 1 is 0.741 bits per heavy atom. The van der Waals surface area contributed by atoms with Crippen LogP contribution < -0.4 is 10.4 Å². The van der Waals surface area contributed by atoms with Gasteiger partial charge < -0.3 is 13.9 Å². The highest BCUT2D eigenvalue weighted by Crippen LogP contribution is 2.36. The summed E-state index contributed by atoms with van der Waals surface area (Å²) in [6, 6.07) is 21.6. The average Bonchev–Trinajstić information content (AvgIpc) is 2.67. The van der Waals surface area contributed by atoms with Crippen molar-refractivity contribution in [2.24, 2.45) is 0 Å². The third kappa shape index (κ3) is 5.75. The summed E-state index contributed by atoms with van der Waals surface area (Å²) in [5, 5.41) is 2.72. The summed E-state index contributed by atoms with van der Waals surface area (Å²) in [4.78, 5) is 0. The fourth-order valence-electron chi connectivity index (χ4n) is 3.61. The maximum absolute atomic E-state index is 6.87. The second-order valence-corrected chi connectivity index (χ2v) is 12.2. The van der Waals surface area contributed by atoms with E-state index < -0.39 is 8.32 Å². The lowest BCUT2D eigenvalue weighted by Crippen LogP contribution is -2.66. The lowest BCUT2D eigenvalue weighted by molar-refractivity contribution is -0.0316. The lowest BCUT2D eigenvalue weighted by atomic mass is 10.2. The Bertz CT molecular complexity index is 598. The number of hydrogen-bond acceptors (Lipinski definition) is 3. The van der Waals surface area contributed by atoms with Crippen LogP contribution in [0.5, 0.6) is 0 Å². The van der Waals surface area contributed by atoms with E-state index in [1.807, 2.05) is 0 Å². The molecule has 27 heavy (non-hydrogen) atoms. The molecular formula is C23H34O3Si. The summed E-state index contributed by atoms with van der Waals surface area (Å²) < 4.78 is 17.1. The molecule has 0 saturated heterocycles. The fraction of sp³-hybridized carbons (Fsp3) is 0.478. The highest BCUT2D eigenvalue weighted by atomic mass is 28.4. The van der Waals surface area contributed by atoms with E-state index in [1.54, 1.807) is 7.11 Å². The Morgan fingerprint density at radius 2 is 1.26 bits per heavy atom. The average molecular weight is 387 g/mol. The van der Waals surface area contributed by atoms with Crippen molar-refractivity contribution < 1.29 is 13.9 Å². The van der Waals surface area contributed by atoms with Crippen LogP contribution in [-0.4, -0.2) is 35.4 Å². The molecular weight excluding hydrogens is 352 g/mol. The van der Waals surface area contributed by atoms with Gasteiger partial charge in [-0.2, -0.15) is 0 Å². The van der Waals surface area contributed by atoms with Gasteiger partial charge in [-0.25, -0.2) is 0 Å². The van der Waals surface area contributed by atoms with Crippen molar-refractivity contribution in [3.8, 4) is 0 Å². The quantitative estimate of drug-likeness (QED) is 0.326. The lowest BCUT2D eigenvalue weighted by Gasteiger charge is -2.43. The third-order valence-corrected chi connectivity index (χ3v) is 9.91. The maximum Gasteiger partial charge on any atom is 0.261 e. The monoisotopic (exact) mass is 386 g/mol. The van der Waals surface area contributed by atoms with E-state index in [0.29, 0.717) is 6.79 Å². The van der Waals surface area contributed by atoms with Crippen molar-refractivity contribution in [3.63, 3.8) is 0 Å². The molecule has 2 rings (SSSR count). The molecule has 0 fully saturated rings. The zero-order valence-corrected chi connectivity index (χ0v) is 18.2. The van der Waals surface area contributed by atoms with E-state index >= 15 is 0 Å². The largest absolute Gasteiger partial charge is 0.407 e. The Hall–Kier alpha value is -1.46. The van der Waals surface area contributed by atoms with Crippen molar-refractivity contribution in [1.82, 2.24) is 0 Å². The van der Waals surface area contributed by atoms with Crippen molar-refractivity contribution in [3.05, 3.63) is 60.7 Å². The van der Waals surface area contributed by atoms with Crippen LogP contribution in [0, 0.1) is 0 Å². The van der Waals surface area contributed by atoms with Crippen LogP contribution in [-0.2, 0) is 13.9 Å². The SMILES string of the molecule is COCOCCCCCO[Si](c1ccccc1)(c1ccccc1)C(C)(C)C. The van der Waals surface area contributed by atoms with Gasteiger partial charge in [-0.15, -0.1) is 0 Å². The summed E-state index contributed by atoms with van der Waals surface area (Å²) in [7, 11) is -0.731. The van der Waals surface area contributed by atoms with E-state index in [-0.39, 0.29) is 5.04 Å². The molecule has 4 heteroatoms. The van der Waals surface area contributed by atoms with E-state index in [9.17, 15) is 0 Å². The topological polar surface area (TPSA) is 27.7 Å². The highest BCUT2D eigenvalue weighted by molar-refractivity contribution is 6.99. The highest BCUT2D eigenvalue weighted by Gasteiger charge is 2.49. The number of hydrogen-bond donors (Lipinski definition) is 0. The Kier molecular flexibility index (Phi) is 8.70. The van der Waals surface area contributed by atoms with Gasteiger partial charge in [0.2, 0.25) is 0 Å². The van der Waals surface area contributed by atoms with Gasteiger partial charge in [0, 0.05) is 20.3 Å². The van der Waals surface area contributed by atoms with Gasteiger partial charge >= 0.3 is 0 Å². The standard InChI is InChI=1S/C23H34O3Si/c1-23(2,3)27(21-14-8-5-9-15-21,22-16-10-6-11-17-22)26-19-13-7-12-18-25-20-24-4/h5-6,8-11,14-17H,7,12-13,18-20H2,1-4H3. The van der Waals surface area contributed by atoms with Crippen LogP contribution in [0.4, 0.5) is 0 Å². The summed E-state index contributed by atoms with van der Waals surface area (Å²) in [6.45, 7) is 8.84. The van der Waals surface area contributed by atoms with Gasteiger partial charge in [0.25, 0.3) is 8.32 Å². The Labute approximate surface area is 165 Å². The second kappa shape index (κ2) is 10.8. The minimum atomic E-state index is -2.38. The molecule has 3 nitrogen and oxygen atoms in total. The first-order chi connectivity index (χ1) is 13.0. The number of unbranched alkanes of at least 4 members (excludes halogenated alkanes) is 2. The molecule has 0 aliphatic carbocycles. The van der Waals surface area contributed by atoms with E-state index in [0.717, 1.165) is 32.5 Å².